The predicted octanol–water partition coefficient (Wildman–Crippen LogP) is 1.73. The number of carbonyl (C=O) groups is 1. The van der Waals surface area contributed by atoms with Gasteiger partial charge in [-0.15, -0.1) is 0 Å². The number of benzene rings is 1. The summed E-state index contributed by atoms with van der Waals surface area (Å²) < 4.78 is 4.75. The van der Waals surface area contributed by atoms with Crippen molar-refractivity contribution in [3.8, 4) is 5.75 Å². The lowest BCUT2D eigenvalue weighted by atomic mass is 10.2. The lowest BCUT2D eigenvalue weighted by Crippen LogP contribution is -2.03. The largest absolute Gasteiger partial charge is 0.508 e. The van der Waals surface area contributed by atoms with Crippen LogP contribution in [0.3, 0.4) is 0 Å². The van der Waals surface area contributed by atoms with E-state index < -0.39 is 0 Å². The molecule has 13 heavy (non-hydrogen) atoms. The molecule has 4 N–H and O–H groups in total. The van der Waals surface area contributed by atoms with Crippen LogP contribution in [0.25, 0.3) is 0 Å². The molecule has 4 heteroatoms. The SMILES string of the molecule is CCOC(=O)c1ccc(O)cc1.N. The van der Waals surface area contributed by atoms with Crippen LogP contribution in [0.4, 0.5) is 0 Å². The summed E-state index contributed by atoms with van der Waals surface area (Å²) in [5, 5.41) is 8.92. The zero-order valence-electron chi connectivity index (χ0n) is 7.49. The lowest BCUT2D eigenvalue weighted by molar-refractivity contribution is 0.0526. The Morgan fingerprint density at radius 1 is 1.38 bits per heavy atom. The number of phenolic OH excluding ortho intramolecular Hbond substituents is 1. The molecule has 0 amide bonds. The van der Waals surface area contributed by atoms with Gasteiger partial charge in [0.2, 0.25) is 0 Å². The minimum atomic E-state index is -0.363. The van der Waals surface area contributed by atoms with E-state index in [4.69, 9.17) is 9.84 Å². The first-order chi connectivity index (χ1) is 5.74. The van der Waals surface area contributed by atoms with Crippen molar-refractivity contribution in [1.29, 1.82) is 0 Å². The molecule has 0 fully saturated rings. The molecule has 0 heterocycles. The molecule has 0 aliphatic rings. The summed E-state index contributed by atoms with van der Waals surface area (Å²) >= 11 is 0. The molecule has 1 aromatic carbocycles. The summed E-state index contributed by atoms with van der Waals surface area (Å²) in [6.45, 7) is 2.11. The maximum atomic E-state index is 11.1. The van der Waals surface area contributed by atoms with Crippen molar-refractivity contribution in [1.82, 2.24) is 6.15 Å². The second-order valence-electron chi connectivity index (χ2n) is 2.27. The van der Waals surface area contributed by atoms with Gasteiger partial charge in [0.05, 0.1) is 12.2 Å². The van der Waals surface area contributed by atoms with Crippen molar-refractivity contribution in [3.05, 3.63) is 29.8 Å². The highest BCUT2D eigenvalue weighted by Gasteiger charge is 2.04. The fraction of sp³-hybridized carbons (Fsp3) is 0.222. The normalized spacial score (nSPS) is 8.69. The van der Waals surface area contributed by atoms with Crippen LogP contribution in [0, 0.1) is 0 Å². The number of phenols is 1. The van der Waals surface area contributed by atoms with Gasteiger partial charge >= 0.3 is 5.97 Å². The molecular weight excluding hydrogens is 170 g/mol. The van der Waals surface area contributed by atoms with Gasteiger partial charge in [0, 0.05) is 0 Å². The molecule has 0 unspecified atom stereocenters. The van der Waals surface area contributed by atoms with E-state index in [1.54, 1.807) is 6.92 Å². The molecule has 1 aromatic rings. The number of aromatic hydroxyl groups is 1. The summed E-state index contributed by atoms with van der Waals surface area (Å²) in [5.74, 6) is -0.222. The molecule has 0 radical (unpaired) electrons. The van der Waals surface area contributed by atoms with Gasteiger partial charge in [0.1, 0.15) is 5.75 Å². The average Bonchev–Trinajstić information content (AvgIpc) is 2.06. The maximum Gasteiger partial charge on any atom is 0.338 e. The molecule has 0 saturated carbocycles. The molecule has 0 atom stereocenters. The minimum absolute atomic E-state index is 0. The molecular formula is C9H13NO3. The second kappa shape index (κ2) is 5.16. The van der Waals surface area contributed by atoms with E-state index in [1.165, 1.54) is 24.3 Å². The molecule has 0 bridgehead atoms. The number of hydrogen-bond acceptors (Lipinski definition) is 4. The smallest absolute Gasteiger partial charge is 0.338 e. The summed E-state index contributed by atoms with van der Waals surface area (Å²) in [5.41, 5.74) is 0.453. The van der Waals surface area contributed by atoms with Gasteiger partial charge in [0.15, 0.2) is 0 Å². The lowest BCUT2D eigenvalue weighted by Gasteiger charge is -2.00. The number of ether oxygens (including phenoxy) is 1. The summed E-state index contributed by atoms with van der Waals surface area (Å²) in [6.07, 6.45) is 0. The van der Waals surface area contributed by atoms with E-state index in [1.807, 2.05) is 0 Å². The highest BCUT2D eigenvalue weighted by Crippen LogP contribution is 2.10. The monoisotopic (exact) mass is 183 g/mol. The Kier molecular flexibility index (Phi) is 4.54. The van der Waals surface area contributed by atoms with E-state index in [9.17, 15) is 4.79 Å². The van der Waals surface area contributed by atoms with Crippen molar-refractivity contribution in [3.63, 3.8) is 0 Å². The van der Waals surface area contributed by atoms with Gasteiger partial charge in [-0.05, 0) is 31.2 Å². The average molecular weight is 183 g/mol. The highest BCUT2D eigenvalue weighted by atomic mass is 16.5. The van der Waals surface area contributed by atoms with Crippen molar-refractivity contribution < 1.29 is 14.6 Å². The third-order valence-corrected chi connectivity index (χ3v) is 1.38. The van der Waals surface area contributed by atoms with Crippen LogP contribution in [-0.4, -0.2) is 17.7 Å². The molecule has 4 nitrogen and oxygen atoms in total. The molecule has 0 saturated heterocycles. The van der Waals surface area contributed by atoms with Gasteiger partial charge in [-0.2, -0.15) is 0 Å². The predicted molar refractivity (Wildman–Crippen MR) is 49.1 cm³/mol. The number of carbonyl (C=O) groups excluding carboxylic acids is 1. The summed E-state index contributed by atoms with van der Waals surface area (Å²) in [7, 11) is 0. The first kappa shape index (κ1) is 11.4. The Morgan fingerprint density at radius 3 is 2.38 bits per heavy atom. The molecule has 1 rings (SSSR count). The van der Waals surface area contributed by atoms with Crippen LogP contribution >= 0.6 is 0 Å². The number of rotatable bonds is 2. The van der Waals surface area contributed by atoms with Gasteiger partial charge in [0.25, 0.3) is 0 Å². The quantitative estimate of drug-likeness (QED) is 0.684. The Balaban J connectivity index is 0.00000144. The number of esters is 1. The Morgan fingerprint density at radius 2 is 1.92 bits per heavy atom. The third kappa shape index (κ3) is 3.13. The maximum absolute atomic E-state index is 11.1. The standard InChI is InChI=1S/C9H10O3.H3N/c1-2-12-9(11)7-3-5-8(10)6-4-7;/h3-6,10H,2H2,1H3;1H3. The first-order valence-corrected chi connectivity index (χ1v) is 3.70. The molecule has 0 aromatic heterocycles. The van der Waals surface area contributed by atoms with Gasteiger partial charge in [-0.25, -0.2) is 4.79 Å². The Labute approximate surface area is 76.7 Å². The van der Waals surface area contributed by atoms with Crippen molar-refractivity contribution in [2.75, 3.05) is 6.61 Å². The minimum Gasteiger partial charge on any atom is -0.508 e. The number of hydrogen-bond donors (Lipinski definition) is 2. The fourth-order valence-electron chi connectivity index (χ4n) is 0.812. The molecule has 72 valence electrons. The van der Waals surface area contributed by atoms with Gasteiger partial charge < -0.3 is 16.0 Å². The zero-order chi connectivity index (χ0) is 8.97. The molecule has 0 aliphatic heterocycles. The van der Waals surface area contributed by atoms with E-state index in [0.717, 1.165) is 0 Å². The van der Waals surface area contributed by atoms with Crippen molar-refractivity contribution >= 4 is 5.97 Å². The van der Waals surface area contributed by atoms with Crippen LogP contribution in [-0.2, 0) is 4.74 Å². The topological polar surface area (TPSA) is 81.5 Å². The summed E-state index contributed by atoms with van der Waals surface area (Å²) in [6, 6.07) is 5.94. The second-order valence-corrected chi connectivity index (χ2v) is 2.27. The van der Waals surface area contributed by atoms with Crippen LogP contribution in [0.5, 0.6) is 5.75 Å². The van der Waals surface area contributed by atoms with E-state index >= 15 is 0 Å². The van der Waals surface area contributed by atoms with E-state index in [-0.39, 0.29) is 17.9 Å². The molecule has 0 aliphatic carbocycles. The fourth-order valence-corrected chi connectivity index (χ4v) is 0.812. The van der Waals surface area contributed by atoms with Crippen LogP contribution in [0.2, 0.25) is 0 Å². The molecule has 0 spiro atoms. The first-order valence-electron chi connectivity index (χ1n) is 3.70. The summed E-state index contributed by atoms with van der Waals surface area (Å²) in [4.78, 5) is 11.1. The van der Waals surface area contributed by atoms with Gasteiger partial charge in [-0.1, -0.05) is 0 Å². The highest BCUT2D eigenvalue weighted by molar-refractivity contribution is 5.89. The Bertz CT molecular complexity index is 269. The Hall–Kier alpha value is -1.55. The van der Waals surface area contributed by atoms with Crippen molar-refractivity contribution in [2.45, 2.75) is 6.92 Å². The third-order valence-electron chi connectivity index (χ3n) is 1.38. The van der Waals surface area contributed by atoms with Crippen molar-refractivity contribution in [2.24, 2.45) is 0 Å². The van der Waals surface area contributed by atoms with Crippen LogP contribution in [0.1, 0.15) is 17.3 Å². The van der Waals surface area contributed by atoms with E-state index in [2.05, 4.69) is 0 Å². The van der Waals surface area contributed by atoms with Crippen LogP contribution in [0.15, 0.2) is 24.3 Å². The van der Waals surface area contributed by atoms with Gasteiger partial charge in [-0.3, -0.25) is 0 Å². The van der Waals surface area contributed by atoms with E-state index in [0.29, 0.717) is 12.2 Å². The zero-order valence-corrected chi connectivity index (χ0v) is 7.49. The van der Waals surface area contributed by atoms with Crippen LogP contribution < -0.4 is 6.15 Å².